The van der Waals surface area contributed by atoms with Crippen LogP contribution in [0.2, 0.25) is 0 Å². The van der Waals surface area contributed by atoms with Crippen molar-refractivity contribution >= 4 is 23.2 Å². The highest BCUT2D eigenvalue weighted by molar-refractivity contribution is 7.07. The van der Waals surface area contributed by atoms with Crippen LogP contribution in [-0.2, 0) is 9.59 Å². The number of amides is 1. The van der Waals surface area contributed by atoms with Crippen molar-refractivity contribution < 1.29 is 19.8 Å². The molecule has 5 nitrogen and oxygen atoms in total. The average molecular weight is 255 g/mol. The molecule has 1 fully saturated rings. The van der Waals surface area contributed by atoms with Gasteiger partial charge < -0.3 is 15.5 Å². The summed E-state index contributed by atoms with van der Waals surface area (Å²) in [6.07, 6.45) is -0.331. The van der Waals surface area contributed by atoms with Gasteiger partial charge in [0.15, 0.2) is 0 Å². The Bertz CT molecular complexity index is 417. The third kappa shape index (κ3) is 2.83. The highest BCUT2D eigenvalue weighted by Gasteiger charge is 2.48. The van der Waals surface area contributed by atoms with E-state index in [1.165, 1.54) is 11.3 Å². The fourth-order valence-electron chi connectivity index (χ4n) is 1.67. The summed E-state index contributed by atoms with van der Waals surface area (Å²) >= 11 is 1.47. The first-order chi connectivity index (χ1) is 8.09. The van der Waals surface area contributed by atoms with Crippen molar-refractivity contribution in [2.45, 2.75) is 12.5 Å². The van der Waals surface area contributed by atoms with Crippen molar-refractivity contribution in [3.05, 3.63) is 22.4 Å². The van der Waals surface area contributed by atoms with Gasteiger partial charge in [0, 0.05) is 6.54 Å². The molecule has 0 aromatic carbocycles. The number of carboxylic acid groups (broad SMARTS) is 1. The Morgan fingerprint density at radius 3 is 2.82 bits per heavy atom. The molecule has 6 heteroatoms. The van der Waals surface area contributed by atoms with Crippen molar-refractivity contribution in [1.29, 1.82) is 0 Å². The molecule has 0 spiro atoms. The summed E-state index contributed by atoms with van der Waals surface area (Å²) in [5.41, 5.74) is 0.765. The van der Waals surface area contributed by atoms with Crippen LogP contribution in [0.5, 0.6) is 0 Å². The van der Waals surface area contributed by atoms with Gasteiger partial charge in [-0.05, 0) is 28.8 Å². The zero-order valence-corrected chi connectivity index (χ0v) is 9.81. The number of hydrogen-bond acceptors (Lipinski definition) is 4. The lowest BCUT2D eigenvalue weighted by atomic mass is 10.2. The Kier molecular flexibility index (Phi) is 3.44. The van der Waals surface area contributed by atoms with E-state index in [0.717, 1.165) is 5.56 Å². The molecule has 1 saturated carbocycles. The summed E-state index contributed by atoms with van der Waals surface area (Å²) in [5.74, 6) is -2.19. The summed E-state index contributed by atoms with van der Waals surface area (Å²) < 4.78 is 0. The van der Waals surface area contributed by atoms with Crippen molar-refractivity contribution in [2.75, 3.05) is 6.54 Å². The van der Waals surface area contributed by atoms with E-state index in [1.54, 1.807) is 6.07 Å². The van der Waals surface area contributed by atoms with E-state index < -0.39 is 23.9 Å². The lowest BCUT2D eigenvalue weighted by Gasteiger charge is -2.10. The van der Waals surface area contributed by atoms with E-state index in [0.29, 0.717) is 6.42 Å². The third-order valence-electron chi connectivity index (χ3n) is 2.84. The van der Waals surface area contributed by atoms with Crippen molar-refractivity contribution in [2.24, 2.45) is 11.8 Å². The first kappa shape index (κ1) is 12.1. The zero-order valence-electron chi connectivity index (χ0n) is 9.00. The van der Waals surface area contributed by atoms with Crippen LogP contribution in [0, 0.1) is 11.8 Å². The van der Waals surface area contributed by atoms with Crippen LogP contribution in [0.4, 0.5) is 0 Å². The van der Waals surface area contributed by atoms with Gasteiger partial charge in [-0.3, -0.25) is 9.59 Å². The summed E-state index contributed by atoms with van der Waals surface area (Å²) in [5, 5.41) is 24.6. The molecule has 1 amide bonds. The van der Waals surface area contributed by atoms with Crippen LogP contribution in [0.25, 0.3) is 0 Å². The van der Waals surface area contributed by atoms with Crippen LogP contribution in [0.1, 0.15) is 18.1 Å². The van der Waals surface area contributed by atoms with Gasteiger partial charge in [0.05, 0.1) is 17.9 Å². The number of aliphatic hydroxyl groups is 1. The SMILES string of the molecule is O=C(O)[C@H]1C[C@H]1C(=O)NCC(O)c1ccsc1. The number of nitrogens with one attached hydrogen (secondary N) is 1. The maximum absolute atomic E-state index is 11.5. The van der Waals surface area contributed by atoms with Crippen LogP contribution >= 0.6 is 11.3 Å². The number of hydrogen-bond donors (Lipinski definition) is 3. The van der Waals surface area contributed by atoms with E-state index in [2.05, 4.69) is 5.32 Å². The largest absolute Gasteiger partial charge is 0.481 e. The number of aliphatic carboxylic acids is 1. The molecule has 0 aliphatic heterocycles. The van der Waals surface area contributed by atoms with Gasteiger partial charge in [-0.15, -0.1) is 0 Å². The van der Waals surface area contributed by atoms with Crippen molar-refractivity contribution in [3.63, 3.8) is 0 Å². The second-order valence-electron chi connectivity index (χ2n) is 4.10. The molecule has 3 atom stereocenters. The van der Waals surface area contributed by atoms with E-state index in [-0.39, 0.29) is 12.5 Å². The van der Waals surface area contributed by atoms with Gasteiger partial charge in [-0.1, -0.05) is 0 Å². The smallest absolute Gasteiger partial charge is 0.307 e. The summed E-state index contributed by atoms with van der Waals surface area (Å²) in [4.78, 5) is 22.1. The van der Waals surface area contributed by atoms with Crippen LogP contribution in [0.15, 0.2) is 16.8 Å². The molecule has 17 heavy (non-hydrogen) atoms. The molecule has 3 N–H and O–H groups in total. The van der Waals surface area contributed by atoms with E-state index in [1.807, 2.05) is 10.8 Å². The number of carboxylic acids is 1. The Labute approximate surface area is 102 Å². The van der Waals surface area contributed by atoms with Crippen molar-refractivity contribution in [1.82, 2.24) is 5.32 Å². The fraction of sp³-hybridized carbons (Fsp3) is 0.455. The van der Waals surface area contributed by atoms with E-state index in [9.17, 15) is 14.7 Å². The summed E-state index contributed by atoms with van der Waals surface area (Å²) in [6.45, 7) is 0.123. The van der Waals surface area contributed by atoms with Gasteiger partial charge >= 0.3 is 5.97 Å². The normalized spacial score (nSPS) is 24.1. The Morgan fingerprint density at radius 2 is 2.29 bits per heavy atom. The minimum atomic E-state index is -0.927. The molecule has 1 unspecified atom stereocenters. The molecule has 1 heterocycles. The lowest BCUT2D eigenvalue weighted by Crippen LogP contribution is -2.30. The van der Waals surface area contributed by atoms with Crippen LogP contribution in [0.3, 0.4) is 0 Å². The van der Waals surface area contributed by atoms with Crippen molar-refractivity contribution in [3.8, 4) is 0 Å². The second kappa shape index (κ2) is 4.85. The molecule has 1 aliphatic carbocycles. The fourth-order valence-corrected chi connectivity index (χ4v) is 2.38. The highest BCUT2D eigenvalue weighted by atomic mass is 32.1. The maximum atomic E-state index is 11.5. The first-order valence-electron chi connectivity index (χ1n) is 5.30. The molecule has 92 valence electrons. The molecule has 0 bridgehead atoms. The van der Waals surface area contributed by atoms with Gasteiger partial charge in [-0.25, -0.2) is 0 Å². The Hall–Kier alpha value is -1.40. The van der Waals surface area contributed by atoms with Crippen LogP contribution < -0.4 is 5.32 Å². The number of carbonyl (C=O) groups is 2. The quantitative estimate of drug-likeness (QED) is 0.719. The molecular formula is C11H13NO4S. The average Bonchev–Trinajstić information content (AvgIpc) is 2.93. The number of aliphatic hydroxyl groups excluding tert-OH is 1. The lowest BCUT2D eigenvalue weighted by molar-refractivity contribution is -0.140. The molecular weight excluding hydrogens is 242 g/mol. The highest BCUT2D eigenvalue weighted by Crippen LogP contribution is 2.38. The predicted octanol–water partition coefficient (Wildman–Crippen LogP) is 0.618. The van der Waals surface area contributed by atoms with E-state index in [4.69, 9.17) is 5.11 Å². The number of rotatable bonds is 5. The molecule has 1 aliphatic rings. The maximum Gasteiger partial charge on any atom is 0.307 e. The minimum Gasteiger partial charge on any atom is -0.481 e. The first-order valence-corrected chi connectivity index (χ1v) is 6.24. The van der Waals surface area contributed by atoms with Crippen LogP contribution in [-0.4, -0.2) is 28.6 Å². The number of thiophene rings is 1. The second-order valence-corrected chi connectivity index (χ2v) is 4.88. The topological polar surface area (TPSA) is 86.6 Å². The third-order valence-corrected chi connectivity index (χ3v) is 3.54. The van der Waals surface area contributed by atoms with Gasteiger partial charge in [0.1, 0.15) is 0 Å². The molecule has 1 aromatic rings. The standard InChI is InChI=1S/C11H13NO4S/c13-9(6-1-2-17-5-6)4-12-10(14)7-3-8(7)11(15)16/h1-2,5,7-9,13H,3-4H2,(H,12,14)(H,15,16)/t7-,8+,9?/m1/s1. The monoisotopic (exact) mass is 255 g/mol. The molecule has 0 saturated heterocycles. The minimum absolute atomic E-state index is 0.123. The molecule has 0 radical (unpaired) electrons. The van der Waals surface area contributed by atoms with Gasteiger partial charge in [0.25, 0.3) is 0 Å². The zero-order chi connectivity index (χ0) is 12.4. The molecule has 1 aromatic heterocycles. The molecule has 2 rings (SSSR count). The van der Waals surface area contributed by atoms with E-state index >= 15 is 0 Å². The van der Waals surface area contributed by atoms with Gasteiger partial charge in [-0.2, -0.15) is 11.3 Å². The van der Waals surface area contributed by atoms with Gasteiger partial charge in [0.2, 0.25) is 5.91 Å². The number of carbonyl (C=O) groups excluding carboxylic acids is 1. The Balaban J connectivity index is 1.76. The predicted molar refractivity (Wildman–Crippen MR) is 61.5 cm³/mol. The Morgan fingerprint density at radius 1 is 1.53 bits per heavy atom. The summed E-state index contributed by atoms with van der Waals surface area (Å²) in [6, 6.07) is 1.79. The summed E-state index contributed by atoms with van der Waals surface area (Å²) in [7, 11) is 0.